The molecule has 0 unspecified atom stereocenters. The van der Waals surface area contributed by atoms with Crippen molar-refractivity contribution in [3.63, 3.8) is 0 Å². The van der Waals surface area contributed by atoms with Crippen LogP contribution >= 0.6 is 0 Å². The van der Waals surface area contributed by atoms with Gasteiger partial charge in [-0.15, -0.1) is 0 Å². The lowest BCUT2D eigenvalue weighted by Crippen LogP contribution is -2.31. The van der Waals surface area contributed by atoms with E-state index in [0.717, 1.165) is 23.9 Å². The zero-order valence-electron chi connectivity index (χ0n) is 16.0. The average Bonchev–Trinajstić information content (AvgIpc) is 2.57. The summed E-state index contributed by atoms with van der Waals surface area (Å²) in [5.74, 6) is 1.40. The summed E-state index contributed by atoms with van der Waals surface area (Å²) < 4.78 is 13.2. The quantitative estimate of drug-likeness (QED) is 0.777. The molecule has 0 aliphatic heterocycles. The highest BCUT2D eigenvalue weighted by Crippen LogP contribution is 2.32. The number of methoxy groups -OCH3 is 1. The van der Waals surface area contributed by atoms with Crippen molar-refractivity contribution in [3.8, 4) is 11.5 Å². The molecule has 1 aromatic heterocycles. The molecular weight excluding hydrogens is 316 g/mol. The SMILES string of the molecule is CCCCOc1c(CN)n(CC(C)(C)C)c(=O)c2ccc(OC)cc12. The molecule has 0 spiro atoms. The van der Waals surface area contributed by atoms with E-state index in [2.05, 4.69) is 27.7 Å². The molecule has 138 valence electrons. The Kier molecular flexibility index (Phi) is 6.11. The van der Waals surface area contributed by atoms with Gasteiger partial charge in [-0.1, -0.05) is 34.1 Å². The van der Waals surface area contributed by atoms with E-state index in [1.54, 1.807) is 11.7 Å². The van der Waals surface area contributed by atoms with Crippen molar-refractivity contribution in [3.05, 3.63) is 34.2 Å². The highest BCUT2D eigenvalue weighted by atomic mass is 16.5. The second-order valence-corrected chi connectivity index (χ2v) is 7.55. The van der Waals surface area contributed by atoms with Crippen LogP contribution in [0.4, 0.5) is 0 Å². The Balaban J connectivity index is 2.75. The molecule has 25 heavy (non-hydrogen) atoms. The zero-order valence-corrected chi connectivity index (χ0v) is 16.0. The largest absolute Gasteiger partial charge is 0.497 e. The minimum Gasteiger partial charge on any atom is -0.497 e. The lowest BCUT2D eigenvalue weighted by Gasteiger charge is -2.25. The number of nitrogens with zero attached hydrogens (tertiary/aromatic N) is 1. The van der Waals surface area contributed by atoms with Gasteiger partial charge in [0.2, 0.25) is 0 Å². The van der Waals surface area contributed by atoms with Crippen molar-refractivity contribution in [2.75, 3.05) is 13.7 Å². The van der Waals surface area contributed by atoms with Gasteiger partial charge in [0.05, 0.1) is 24.8 Å². The summed E-state index contributed by atoms with van der Waals surface area (Å²) in [6.45, 7) is 9.88. The molecule has 0 aliphatic carbocycles. The first-order chi connectivity index (χ1) is 11.8. The van der Waals surface area contributed by atoms with Crippen molar-refractivity contribution in [2.45, 2.75) is 53.6 Å². The average molecular weight is 346 g/mol. The number of rotatable bonds is 7. The Bertz CT molecular complexity index is 788. The van der Waals surface area contributed by atoms with Crippen LogP contribution in [0.5, 0.6) is 11.5 Å². The fourth-order valence-corrected chi connectivity index (χ4v) is 2.89. The maximum absolute atomic E-state index is 13.1. The maximum Gasteiger partial charge on any atom is 0.258 e. The predicted molar refractivity (Wildman–Crippen MR) is 103 cm³/mol. The normalized spacial score (nSPS) is 11.8. The number of unbranched alkanes of at least 4 members (excludes halogenated alkanes) is 1. The highest BCUT2D eigenvalue weighted by molar-refractivity contribution is 5.89. The summed E-state index contributed by atoms with van der Waals surface area (Å²) in [7, 11) is 1.61. The van der Waals surface area contributed by atoms with Gasteiger partial charge in [0.1, 0.15) is 11.5 Å². The van der Waals surface area contributed by atoms with Crippen LogP contribution in [-0.4, -0.2) is 18.3 Å². The molecule has 0 aliphatic rings. The number of fused-ring (bicyclic) bond motifs is 1. The maximum atomic E-state index is 13.1. The molecule has 0 amide bonds. The number of aromatic nitrogens is 1. The van der Waals surface area contributed by atoms with E-state index in [-0.39, 0.29) is 17.5 Å². The first-order valence-electron chi connectivity index (χ1n) is 8.88. The molecule has 1 aromatic carbocycles. The van der Waals surface area contributed by atoms with Gasteiger partial charge in [-0.3, -0.25) is 4.79 Å². The summed E-state index contributed by atoms with van der Waals surface area (Å²) in [6.07, 6.45) is 1.99. The number of hydrogen-bond donors (Lipinski definition) is 1. The third-order valence-corrected chi connectivity index (χ3v) is 4.10. The van der Waals surface area contributed by atoms with Gasteiger partial charge >= 0.3 is 0 Å². The standard InChI is InChI=1S/C20H30N2O3/c1-6-7-10-25-18-16-11-14(24-5)8-9-15(16)19(23)22(17(18)12-21)13-20(2,3)4/h8-9,11H,6-7,10,12-13,21H2,1-5H3. The molecule has 0 saturated heterocycles. The predicted octanol–water partition coefficient (Wildman–Crippen LogP) is 3.69. The third kappa shape index (κ3) is 4.34. The van der Waals surface area contributed by atoms with Gasteiger partial charge in [0, 0.05) is 18.5 Å². The smallest absolute Gasteiger partial charge is 0.258 e. The third-order valence-electron chi connectivity index (χ3n) is 4.10. The van der Waals surface area contributed by atoms with E-state index >= 15 is 0 Å². The van der Waals surface area contributed by atoms with E-state index < -0.39 is 0 Å². The zero-order chi connectivity index (χ0) is 18.6. The van der Waals surface area contributed by atoms with E-state index in [9.17, 15) is 4.79 Å². The van der Waals surface area contributed by atoms with Crippen LogP contribution in [0.15, 0.2) is 23.0 Å². The van der Waals surface area contributed by atoms with Gasteiger partial charge in [-0.25, -0.2) is 0 Å². The molecule has 2 aromatic rings. The summed E-state index contributed by atoms with van der Waals surface area (Å²) in [5, 5.41) is 1.40. The lowest BCUT2D eigenvalue weighted by molar-refractivity contribution is 0.295. The highest BCUT2D eigenvalue weighted by Gasteiger charge is 2.21. The van der Waals surface area contributed by atoms with E-state index in [1.807, 2.05) is 18.2 Å². The fourth-order valence-electron chi connectivity index (χ4n) is 2.89. The van der Waals surface area contributed by atoms with E-state index in [4.69, 9.17) is 15.2 Å². The molecule has 0 atom stereocenters. The minimum absolute atomic E-state index is 0.0316. The van der Waals surface area contributed by atoms with Gasteiger partial charge in [0.15, 0.2) is 0 Å². The first-order valence-corrected chi connectivity index (χ1v) is 8.88. The second-order valence-electron chi connectivity index (χ2n) is 7.55. The molecule has 5 heteroatoms. The van der Waals surface area contributed by atoms with Gasteiger partial charge in [-0.05, 0) is 30.0 Å². The van der Waals surface area contributed by atoms with Crippen LogP contribution in [0.25, 0.3) is 10.8 Å². The monoisotopic (exact) mass is 346 g/mol. The first kappa shape index (κ1) is 19.3. The lowest BCUT2D eigenvalue weighted by atomic mass is 9.96. The van der Waals surface area contributed by atoms with Crippen molar-refractivity contribution in [2.24, 2.45) is 11.1 Å². The minimum atomic E-state index is -0.0470. The van der Waals surface area contributed by atoms with Crippen LogP contribution in [-0.2, 0) is 13.1 Å². The van der Waals surface area contributed by atoms with Crippen molar-refractivity contribution < 1.29 is 9.47 Å². The molecule has 0 bridgehead atoms. The number of nitrogens with two attached hydrogens (primary N) is 1. The van der Waals surface area contributed by atoms with Gasteiger partial charge < -0.3 is 19.8 Å². The Morgan fingerprint density at radius 1 is 1.20 bits per heavy atom. The van der Waals surface area contributed by atoms with Gasteiger partial charge in [-0.2, -0.15) is 0 Å². The summed E-state index contributed by atoms with van der Waals surface area (Å²) >= 11 is 0. The number of hydrogen-bond acceptors (Lipinski definition) is 4. The van der Waals surface area contributed by atoms with Crippen LogP contribution in [0.1, 0.15) is 46.2 Å². The molecule has 2 rings (SSSR count). The van der Waals surface area contributed by atoms with Crippen LogP contribution in [0, 0.1) is 5.41 Å². The Morgan fingerprint density at radius 2 is 1.92 bits per heavy atom. The molecule has 2 N–H and O–H groups in total. The fraction of sp³-hybridized carbons (Fsp3) is 0.550. The van der Waals surface area contributed by atoms with Crippen molar-refractivity contribution >= 4 is 10.8 Å². The molecule has 0 saturated carbocycles. The van der Waals surface area contributed by atoms with E-state index in [1.165, 1.54) is 0 Å². The Morgan fingerprint density at radius 3 is 2.48 bits per heavy atom. The molecule has 1 heterocycles. The topological polar surface area (TPSA) is 66.5 Å². The van der Waals surface area contributed by atoms with E-state index in [0.29, 0.717) is 30.0 Å². The summed E-state index contributed by atoms with van der Waals surface area (Å²) in [5.41, 5.74) is 6.70. The summed E-state index contributed by atoms with van der Waals surface area (Å²) in [6, 6.07) is 5.48. The summed E-state index contributed by atoms with van der Waals surface area (Å²) in [4.78, 5) is 13.1. The second kappa shape index (κ2) is 7.91. The van der Waals surface area contributed by atoms with Crippen LogP contribution in [0.3, 0.4) is 0 Å². The van der Waals surface area contributed by atoms with Crippen LogP contribution in [0.2, 0.25) is 0 Å². The van der Waals surface area contributed by atoms with Crippen molar-refractivity contribution in [1.29, 1.82) is 0 Å². The number of benzene rings is 1. The molecule has 0 fully saturated rings. The molecule has 0 radical (unpaired) electrons. The van der Waals surface area contributed by atoms with Crippen LogP contribution < -0.4 is 20.8 Å². The molecular formula is C20H30N2O3. The van der Waals surface area contributed by atoms with Gasteiger partial charge in [0.25, 0.3) is 5.56 Å². The Hall–Kier alpha value is -2.01. The molecule has 5 nitrogen and oxygen atoms in total. The number of ether oxygens (including phenoxy) is 2. The van der Waals surface area contributed by atoms with Crippen molar-refractivity contribution in [1.82, 2.24) is 4.57 Å². The Labute approximate surface area is 149 Å². The number of pyridine rings is 1.